The van der Waals surface area contributed by atoms with Gasteiger partial charge in [0.2, 0.25) is 17.7 Å². The van der Waals surface area contributed by atoms with E-state index in [-0.39, 0.29) is 47.7 Å². The lowest BCUT2D eigenvalue weighted by atomic mass is 9.83. The number of aryl methyl sites for hydroxylation is 1. The van der Waals surface area contributed by atoms with Crippen LogP contribution in [0.2, 0.25) is 0 Å². The molecule has 2 saturated heterocycles. The van der Waals surface area contributed by atoms with Crippen molar-refractivity contribution in [2.45, 2.75) is 94.8 Å². The molecule has 3 N–H and O–H groups in total. The van der Waals surface area contributed by atoms with Gasteiger partial charge in [0.1, 0.15) is 0 Å². The highest BCUT2D eigenvalue weighted by Crippen LogP contribution is 2.41. The molecule has 5 unspecified atom stereocenters. The van der Waals surface area contributed by atoms with Gasteiger partial charge in [-0.3, -0.25) is 14.4 Å². The zero-order chi connectivity index (χ0) is 24.8. The maximum atomic E-state index is 13.8. The van der Waals surface area contributed by atoms with E-state index < -0.39 is 12.0 Å². The summed E-state index contributed by atoms with van der Waals surface area (Å²) in [5, 5.41) is 3.34. The number of rotatable bonds is 5. The van der Waals surface area contributed by atoms with Gasteiger partial charge in [0.15, 0.2) is 0 Å². The summed E-state index contributed by atoms with van der Waals surface area (Å²) in [5.74, 6) is 0.0551. The predicted octanol–water partition coefficient (Wildman–Crippen LogP) is 2.93. The Morgan fingerprint density at radius 3 is 2.47 bits per heavy atom. The number of nitrogens with one attached hydrogen (secondary N) is 1. The van der Waals surface area contributed by atoms with Gasteiger partial charge in [-0.05, 0) is 68.4 Å². The topological polar surface area (TPSA) is 95.7 Å². The van der Waals surface area contributed by atoms with Gasteiger partial charge >= 0.3 is 0 Å². The zero-order valence-corrected chi connectivity index (χ0v) is 21.2. The molecule has 7 heteroatoms. The Balaban J connectivity index is 1.23. The molecule has 7 nitrogen and oxygen atoms in total. The average Bonchev–Trinajstić information content (AvgIpc) is 3.57. The molecule has 2 saturated carbocycles. The number of carbonyl (C=O) groups excluding carboxylic acids is 3. The molecule has 194 valence electrons. The molecule has 2 aliphatic heterocycles. The predicted molar refractivity (Wildman–Crippen MR) is 137 cm³/mol. The van der Waals surface area contributed by atoms with Gasteiger partial charge in [0.05, 0.1) is 30.1 Å². The third-order valence-corrected chi connectivity index (χ3v) is 9.58. The van der Waals surface area contributed by atoms with Crippen molar-refractivity contribution < 1.29 is 14.4 Å². The van der Waals surface area contributed by atoms with Crippen LogP contribution in [0.3, 0.4) is 0 Å². The molecule has 36 heavy (non-hydrogen) atoms. The number of carbonyl (C=O) groups is 3. The number of likely N-dealkylation sites (tertiary alicyclic amines) is 2. The highest BCUT2D eigenvalue weighted by atomic mass is 16.2. The van der Waals surface area contributed by atoms with Crippen LogP contribution in [0.5, 0.6) is 0 Å². The van der Waals surface area contributed by atoms with Crippen molar-refractivity contribution >= 4 is 17.7 Å². The minimum Gasteiger partial charge on any atom is -0.349 e. The van der Waals surface area contributed by atoms with E-state index in [2.05, 4.69) is 23.5 Å². The van der Waals surface area contributed by atoms with Gasteiger partial charge in [-0.2, -0.15) is 0 Å². The van der Waals surface area contributed by atoms with Gasteiger partial charge in [0.25, 0.3) is 0 Å². The summed E-state index contributed by atoms with van der Waals surface area (Å²) in [6, 6.07) is 7.51. The second-order valence-electron chi connectivity index (χ2n) is 11.8. The first-order valence-electron chi connectivity index (χ1n) is 14.3. The maximum Gasteiger partial charge on any atom is 0.240 e. The Morgan fingerprint density at radius 1 is 0.917 bits per heavy atom. The molecule has 1 aromatic carbocycles. The Kier molecular flexibility index (Phi) is 6.53. The van der Waals surface area contributed by atoms with Crippen LogP contribution >= 0.6 is 0 Å². The highest BCUT2D eigenvalue weighted by molar-refractivity contribution is 5.88. The zero-order valence-electron chi connectivity index (χ0n) is 21.2. The highest BCUT2D eigenvalue weighted by Gasteiger charge is 2.56. The van der Waals surface area contributed by atoms with Crippen molar-refractivity contribution in [3.63, 3.8) is 0 Å². The molecule has 2 heterocycles. The molecule has 0 spiro atoms. The lowest BCUT2D eigenvalue weighted by Gasteiger charge is -2.34. The second-order valence-corrected chi connectivity index (χ2v) is 11.8. The van der Waals surface area contributed by atoms with Crippen molar-refractivity contribution in [1.29, 1.82) is 0 Å². The number of nitrogens with zero attached hydrogens (tertiary/aromatic N) is 2. The normalized spacial score (nSPS) is 31.0. The van der Waals surface area contributed by atoms with Crippen LogP contribution in [0, 0.1) is 17.8 Å². The van der Waals surface area contributed by atoms with Crippen molar-refractivity contribution in [2.24, 2.45) is 23.5 Å². The Hall–Kier alpha value is -2.41. The van der Waals surface area contributed by atoms with E-state index in [1.165, 1.54) is 17.5 Å². The fraction of sp³-hybridized carbons (Fsp3) is 0.690. The molecular formula is C29H40N4O3. The molecule has 1 aromatic rings. The van der Waals surface area contributed by atoms with Crippen molar-refractivity contribution in [1.82, 2.24) is 15.1 Å². The van der Waals surface area contributed by atoms with Gasteiger partial charge in [-0.25, -0.2) is 0 Å². The number of benzene rings is 1. The van der Waals surface area contributed by atoms with Crippen LogP contribution < -0.4 is 11.1 Å². The third-order valence-electron chi connectivity index (χ3n) is 9.58. The number of nitrogens with two attached hydrogens (primary N) is 1. The molecule has 0 radical (unpaired) electrons. The van der Waals surface area contributed by atoms with Gasteiger partial charge in [0, 0.05) is 19.0 Å². The molecule has 0 aromatic heterocycles. The van der Waals surface area contributed by atoms with E-state index in [4.69, 9.17) is 5.73 Å². The quantitative estimate of drug-likeness (QED) is 0.661. The van der Waals surface area contributed by atoms with Crippen molar-refractivity contribution in [3.05, 3.63) is 35.4 Å². The smallest absolute Gasteiger partial charge is 0.240 e. The van der Waals surface area contributed by atoms with Crippen LogP contribution in [0.25, 0.3) is 0 Å². The number of hydrogen-bond donors (Lipinski definition) is 2. The summed E-state index contributed by atoms with van der Waals surface area (Å²) < 4.78 is 0. The SMILES string of the molecule is NC(C(=O)N1CCC2C1C(C(=O)NC1CCCc3ccccc31)CN2C(=O)C1CC1)C1CCCCC1. The van der Waals surface area contributed by atoms with Crippen molar-refractivity contribution in [2.75, 3.05) is 13.1 Å². The number of fused-ring (bicyclic) bond motifs is 2. The molecule has 3 aliphatic carbocycles. The molecule has 0 bridgehead atoms. The first-order valence-corrected chi connectivity index (χ1v) is 14.3. The van der Waals surface area contributed by atoms with E-state index >= 15 is 0 Å². The standard InChI is InChI=1S/C29H40N4O3/c30-25(19-8-2-1-3-9-19)29(36)32-16-15-24-26(32)22(17-33(24)28(35)20-13-14-20)27(34)31-23-12-6-10-18-7-4-5-11-21(18)23/h4-5,7,11,19-20,22-26H,1-3,6,8-10,12-17,30H2,(H,31,34). The Morgan fingerprint density at radius 2 is 1.69 bits per heavy atom. The molecule has 6 rings (SSSR count). The first-order chi connectivity index (χ1) is 17.5. The summed E-state index contributed by atoms with van der Waals surface area (Å²) in [7, 11) is 0. The van der Waals surface area contributed by atoms with E-state index in [1.807, 2.05) is 15.9 Å². The fourth-order valence-electron chi connectivity index (χ4n) is 7.46. The molecular weight excluding hydrogens is 452 g/mol. The molecule has 5 aliphatic rings. The second kappa shape index (κ2) is 9.81. The van der Waals surface area contributed by atoms with E-state index in [1.54, 1.807) is 0 Å². The minimum atomic E-state index is -0.508. The summed E-state index contributed by atoms with van der Waals surface area (Å²) in [6.45, 7) is 0.992. The van der Waals surface area contributed by atoms with E-state index in [0.717, 1.165) is 64.2 Å². The van der Waals surface area contributed by atoms with Crippen molar-refractivity contribution in [3.8, 4) is 0 Å². The van der Waals surface area contributed by atoms with Gasteiger partial charge < -0.3 is 20.9 Å². The molecule has 4 fully saturated rings. The summed E-state index contributed by atoms with van der Waals surface area (Å²) in [5.41, 5.74) is 9.07. The molecule has 3 amide bonds. The fourth-order valence-corrected chi connectivity index (χ4v) is 7.46. The average molecular weight is 493 g/mol. The summed E-state index contributed by atoms with van der Waals surface area (Å²) in [4.78, 5) is 44.6. The summed E-state index contributed by atoms with van der Waals surface area (Å²) in [6.07, 6.45) is 11.1. The van der Waals surface area contributed by atoms with Gasteiger partial charge in [-0.1, -0.05) is 43.5 Å². The minimum absolute atomic E-state index is 0.0101. The largest absolute Gasteiger partial charge is 0.349 e. The Bertz CT molecular complexity index is 1020. The van der Waals surface area contributed by atoms with E-state index in [9.17, 15) is 14.4 Å². The Labute approximate surface area is 214 Å². The van der Waals surface area contributed by atoms with Crippen LogP contribution in [-0.2, 0) is 20.8 Å². The van der Waals surface area contributed by atoms with Crippen LogP contribution in [0.4, 0.5) is 0 Å². The van der Waals surface area contributed by atoms with Gasteiger partial charge in [-0.15, -0.1) is 0 Å². The maximum absolute atomic E-state index is 13.8. The summed E-state index contributed by atoms with van der Waals surface area (Å²) >= 11 is 0. The first kappa shape index (κ1) is 24.0. The van der Waals surface area contributed by atoms with Crippen LogP contribution in [0.15, 0.2) is 24.3 Å². The number of amides is 3. The lowest BCUT2D eigenvalue weighted by Crippen LogP contribution is -2.54. The molecule has 5 atom stereocenters. The number of hydrogen-bond acceptors (Lipinski definition) is 4. The van der Waals surface area contributed by atoms with Crippen LogP contribution in [0.1, 0.15) is 81.4 Å². The van der Waals surface area contributed by atoms with E-state index in [0.29, 0.717) is 13.1 Å². The van der Waals surface area contributed by atoms with Crippen LogP contribution in [-0.4, -0.2) is 58.7 Å². The third kappa shape index (κ3) is 4.33. The monoisotopic (exact) mass is 492 g/mol. The lowest BCUT2D eigenvalue weighted by molar-refractivity contribution is -0.137.